The number of nitrogens with one attached hydrogen (secondary N) is 1. The number of aromatic nitrogens is 2. The van der Waals surface area contributed by atoms with Gasteiger partial charge in [0, 0.05) is 7.05 Å². The average molecular weight is 285 g/mol. The van der Waals surface area contributed by atoms with Crippen molar-refractivity contribution in [2.45, 2.75) is 39.5 Å². The standard InChI is InChI=1S/C17H23N3O/c1-5-6-15-16(18-4)19-11-20-17(15)21-14-9-7-13(8-10-14)12(2)3/h7-12H,5-6H2,1-4H3,(H,18,19,20). The highest BCUT2D eigenvalue weighted by atomic mass is 16.5. The summed E-state index contributed by atoms with van der Waals surface area (Å²) in [5.41, 5.74) is 2.32. The summed E-state index contributed by atoms with van der Waals surface area (Å²) in [6, 6.07) is 8.18. The van der Waals surface area contributed by atoms with E-state index in [-0.39, 0.29) is 0 Å². The van der Waals surface area contributed by atoms with Gasteiger partial charge in [-0.3, -0.25) is 0 Å². The molecule has 2 aromatic rings. The van der Waals surface area contributed by atoms with Crippen molar-refractivity contribution in [2.24, 2.45) is 0 Å². The molecular formula is C17H23N3O. The maximum Gasteiger partial charge on any atom is 0.227 e. The van der Waals surface area contributed by atoms with Crippen LogP contribution >= 0.6 is 0 Å². The van der Waals surface area contributed by atoms with Gasteiger partial charge in [0.15, 0.2) is 0 Å². The van der Waals surface area contributed by atoms with Gasteiger partial charge >= 0.3 is 0 Å². The van der Waals surface area contributed by atoms with Crippen LogP contribution in [0.4, 0.5) is 5.82 Å². The van der Waals surface area contributed by atoms with Crippen LogP contribution < -0.4 is 10.1 Å². The smallest absolute Gasteiger partial charge is 0.227 e. The predicted octanol–water partition coefficient (Wildman–Crippen LogP) is 4.39. The summed E-state index contributed by atoms with van der Waals surface area (Å²) >= 11 is 0. The van der Waals surface area contributed by atoms with Crippen molar-refractivity contribution in [1.29, 1.82) is 0 Å². The molecule has 4 heteroatoms. The average Bonchev–Trinajstić information content (AvgIpc) is 2.49. The van der Waals surface area contributed by atoms with Gasteiger partial charge in [0.2, 0.25) is 5.88 Å². The minimum Gasteiger partial charge on any atom is -0.439 e. The van der Waals surface area contributed by atoms with Crippen molar-refractivity contribution >= 4 is 5.82 Å². The maximum absolute atomic E-state index is 5.95. The Balaban J connectivity index is 2.26. The first-order chi connectivity index (χ1) is 10.2. The Morgan fingerprint density at radius 1 is 1.14 bits per heavy atom. The lowest BCUT2D eigenvalue weighted by molar-refractivity contribution is 0.454. The summed E-state index contributed by atoms with van der Waals surface area (Å²) in [7, 11) is 1.86. The number of benzene rings is 1. The molecule has 1 heterocycles. The molecule has 21 heavy (non-hydrogen) atoms. The molecule has 1 aromatic carbocycles. The van der Waals surface area contributed by atoms with Crippen molar-refractivity contribution in [3.05, 3.63) is 41.7 Å². The lowest BCUT2D eigenvalue weighted by atomic mass is 10.0. The van der Waals surface area contributed by atoms with Crippen LogP contribution in [0.3, 0.4) is 0 Å². The molecule has 0 aliphatic carbocycles. The summed E-state index contributed by atoms with van der Waals surface area (Å²) < 4.78 is 5.95. The number of rotatable bonds is 6. The van der Waals surface area contributed by atoms with Gasteiger partial charge in [-0.05, 0) is 30.0 Å². The van der Waals surface area contributed by atoms with E-state index in [0.29, 0.717) is 11.8 Å². The second-order valence-corrected chi connectivity index (χ2v) is 5.33. The number of anilines is 1. The molecule has 0 saturated carbocycles. The van der Waals surface area contributed by atoms with Crippen LogP contribution in [0.5, 0.6) is 11.6 Å². The molecule has 0 bridgehead atoms. The first-order valence-electron chi connectivity index (χ1n) is 7.45. The molecule has 0 saturated heterocycles. The van der Waals surface area contributed by atoms with Crippen molar-refractivity contribution in [3.63, 3.8) is 0 Å². The van der Waals surface area contributed by atoms with Crippen LogP contribution in [0, 0.1) is 0 Å². The molecule has 112 valence electrons. The van der Waals surface area contributed by atoms with Crippen LogP contribution in [0.25, 0.3) is 0 Å². The maximum atomic E-state index is 5.95. The third-order valence-electron chi connectivity index (χ3n) is 3.40. The van der Waals surface area contributed by atoms with E-state index in [4.69, 9.17) is 4.74 Å². The van der Waals surface area contributed by atoms with Crippen molar-refractivity contribution in [3.8, 4) is 11.6 Å². The number of ether oxygens (including phenoxy) is 1. The fraction of sp³-hybridized carbons (Fsp3) is 0.412. The molecule has 0 fully saturated rings. The van der Waals surface area contributed by atoms with E-state index < -0.39 is 0 Å². The van der Waals surface area contributed by atoms with E-state index in [1.807, 2.05) is 19.2 Å². The van der Waals surface area contributed by atoms with Gasteiger partial charge < -0.3 is 10.1 Å². The summed E-state index contributed by atoms with van der Waals surface area (Å²) in [5, 5.41) is 3.10. The highest BCUT2D eigenvalue weighted by Crippen LogP contribution is 2.28. The molecule has 0 amide bonds. The van der Waals surface area contributed by atoms with Gasteiger partial charge in [-0.1, -0.05) is 39.3 Å². The molecule has 0 aliphatic rings. The van der Waals surface area contributed by atoms with E-state index in [9.17, 15) is 0 Å². The summed E-state index contributed by atoms with van der Waals surface area (Å²) in [5.74, 6) is 2.79. The monoisotopic (exact) mass is 285 g/mol. The minimum atomic E-state index is 0.518. The van der Waals surface area contributed by atoms with Gasteiger partial charge in [0.05, 0.1) is 5.56 Å². The SMILES string of the molecule is CCCc1c(NC)ncnc1Oc1ccc(C(C)C)cc1. The van der Waals surface area contributed by atoms with Gasteiger partial charge in [-0.2, -0.15) is 0 Å². The minimum absolute atomic E-state index is 0.518. The van der Waals surface area contributed by atoms with Crippen molar-refractivity contribution in [1.82, 2.24) is 9.97 Å². The summed E-state index contributed by atoms with van der Waals surface area (Å²) in [6.07, 6.45) is 3.43. The van der Waals surface area contributed by atoms with Crippen molar-refractivity contribution < 1.29 is 4.74 Å². The van der Waals surface area contributed by atoms with Gasteiger partial charge in [-0.25, -0.2) is 9.97 Å². The number of nitrogens with zero attached hydrogens (tertiary/aromatic N) is 2. The van der Waals surface area contributed by atoms with Gasteiger partial charge in [0.1, 0.15) is 17.9 Å². The van der Waals surface area contributed by atoms with Crippen LogP contribution in [0.15, 0.2) is 30.6 Å². The first-order valence-corrected chi connectivity index (χ1v) is 7.45. The Bertz CT molecular complexity index is 579. The summed E-state index contributed by atoms with van der Waals surface area (Å²) in [6.45, 7) is 6.49. The van der Waals surface area contributed by atoms with E-state index in [1.165, 1.54) is 11.9 Å². The molecule has 4 nitrogen and oxygen atoms in total. The van der Waals surface area contributed by atoms with Crippen LogP contribution in [0.1, 0.15) is 44.2 Å². The molecule has 0 unspecified atom stereocenters. The molecule has 0 spiro atoms. The fourth-order valence-corrected chi connectivity index (χ4v) is 2.21. The molecular weight excluding hydrogens is 262 g/mol. The molecule has 2 rings (SSSR count). The van der Waals surface area contributed by atoms with Crippen LogP contribution in [-0.2, 0) is 6.42 Å². The Labute approximate surface area is 126 Å². The molecule has 1 aromatic heterocycles. The lowest BCUT2D eigenvalue weighted by Crippen LogP contribution is -2.03. The molecule has 0 aliphatic heterocycles. The second kappa shape index (κ2) is 7.07. The highest BCUT2D eigenvalue weighted by molar-refractivity contribution is 5.49. The Morgan fingerprint density at radius 3 is 2.43 bits per heavy atom. The van der Waals surface area contributed by atoms with Gasteiger partial charge in [0.25, 0.3) is 0 Å². The van der Waals surface area contributed by atoms with E-state index >= 15 is 0 Å². The van der Waals surface area contributed by atoms with E-state index in [2.05, 4.69) is 48.2 Å². The van der Waals surface area contributed by atoms with Crippen molar-refractivity contribution in [2.75, 3.05) is 12.4 Å². The highest BCUT2D eigenvalue weighted by Gasteiger charge is 2.12. The zero-order valence-corrected chi connectivity index (χ0v) is 13.2. The van der Waals surface area contributed by atoms with E-state index in [0.717, 1.165) is 30.0 Å². The van der Waals surface area contributed by atoms with E-state index in [1.54, 1.807) is 0 Å². The Hall–Kier alpha value is -2.10. The largest absolute Gasteiger partial charge is 0.439 e. The molecule has 0 radical (unpaired) electrons. The lowest BCUT2D eigenvalue weighted by Gasteiger charge is -2.13. The molecule has 0 atom stereocenters. The molecule has 1 N–H and O–H groups in total. The number of hydrogen-bond acceptors (Lipinski definition) is 4. The normalized spacial score (nSPS) is 10.7. The van der Waals surface area contributed by atoms with Crippen LogP contribution in [-0.4, -0.2) is 17.0 Å². The predicted molar refractivity (Wildman–Crippen MR) is 86.2 cm³/mol. The Morgan fingerprint density at radius 2 is 1.86 bits per heavy atom. The number of hydrogen-bond donors (Lipinski definition) is 1. The third kappa shape index (κ3) is 3.72. The quantitative estimate of drug-likeness (QED) is 0.855. The topological polar surface area (TPSA) is 47.0 Å². The van der Waals surface area contributed by atoms with Gasteiger partial charge in [-0.15, -0.1) is 0 Å². The Kier molecular flexibility index (Phi) is 5.14. The zero-order valence-electron chi connectivity index (χ0n) is 13.2. The zero-order chi connectivity index (χ0) is 15.2. The van der Waals surface area contributed by atoms with Crippen LogP contribution in [0.2, 0.25) is 0 Å². The summed E-state index contributed by atoms with van der Waals surface area (Å²) in [4.78, 5) is 8.54. The third-order valence-corrected chi connectivity index (χ3v) is 3.40. The second-order valence-electron chi connectivity index (χ2n) is 5.33. The first kappa shape index (κ1) is 15.3. The fourth-order valence-electron chi connectivity index (χ4n) is 2.21.